The van der Waals surface area contributed by atoms with Crippen LogP contribution in [0, 0.1) is 17.2 Å². The van der Waals surface area contributed by atoms with Gasteiger partial charge in [0.2, 0.25) is 0 Å². The number of ether oxygens (including phenoxy) is 1. The second kappa shape index (κ2) is 8.32. The van der Waals surface area contributed by atoms with Gasteiger partial charge in [0.15, 0.2) is 0 Å². The number of aliphatic hydroxyl groups is 1. The van der Waals surface area contributed by atoms with Crippen molar-refractivity contribution in [2.75, 3.05) is 39.3 Å². The standard InChI is InChI=1S/C23H27N3O2/c24-11-18-6-8-22(9-7-18)28-15-21(27)14-26-13-19-10-23(17-26,16-25-12-19)20-4-2-1-3-5-20/h1-9,19,21,25,27H,10,12-17H2. The largest absolute Gasteiger partial charge is 0.491 e. The summed E-state index contributed by atoms with van der Waals surface area (Å²) < 4.78 is 5.71. The van der Waals surface area contributed by atoms with Crippen molar-refractivity contribution in [3.05, 3.63) is 65.7 Å². The predicted molar refractivity (Wildman–Crippen MR) is 108 cm³/mol. The van der Waals surface area contributed by atoms with Crippen molar-refractivity contribution in [2.45, 2.75) is 17.9 Å². The van der Waals surface area contributed by atoms with E-state index in [1.165, 1.54) is 12.0 Å². The van der Waals surface area contributed by atoms with Gasteiger partial charge in [0.25, 0.3) is 0 Å². The molecule has 5 nitrogen and oxygen atoms in total. The van der Waals surface area contributed by atoms with Crippen LogP contribution in [0.4, 0.5) is 0 Å². The molecule has 2 aliphatic heterocycles. The molecule has 2 aromatic carbocycles. The molecule has 3 atom stereocenters. The van der Waals surface area contributed by atoms with Crippen LogP contribution in [0.3, 0.4) is 0 Å². The van der Waals surface area contributed by atoms with Crippen LogP contribution in [-0.4, -0.2) is 55.4 Å². The summed E-state index contributed by atoms with van der Waals surface area (Å²) in [4.78, 5) is 2.40. The minimum atomic E-state index is -0.546. The lowest BCUT2D eigenvalue weighted by Gasteiger charge is -2.50. The molecule has 2 N–H and O–H groups in total. The molecule has 0 aromatic heterocycles. The van der Waals surface area contributed by atoms with Crippen molar-refractivity contribution in [3.8, 4) is 11.8 Å². The number of rotatable bonds is 6. The zero-order valence-corrected chi connectivity index (χ0v) is 16.1. The molecular weight excluding hydrogens is 350 g/mol. The van der Waals surface area contributed by atoms with Gasteiger partial charge in [-0.1, -0.05) is 30.3 Å². The average Bonchev–Trinajstić information content (AvgIpc) is 2.73. The molecule has 0 aliphatic carbocycles. The predicted octanol–water partition coefficient (Wildman–Crippen LogP) is 2.16. The molecule has 2 aromatic rings. The molecule has 2 heterocycles. The van der Waals surface area contributed by atoms with Crippen molar-refractivity contribution in [2.24, 2.45) is 5.92 Å². The highest BCUT2D eigenvalue weighted by molar-refractivity contribution is 5.34. The van der Waals surface area contributed by atoms with Crippen LogP contribution in [0.25, 0.3) is 0 Å². The van der Waals surface area contributed by atoms with Gasteiger partial charge in [-0.25, -0.2) is 0 Å². The Bertz CT molecular complexity index is 818. The van der Waals surface area contributed by atoms with Crippen LogP contribution in [0.15, 0.2) is 54.6 Å². The third-order valence-electron chi connectivity index (χ3n) is 5.90. The molecule has 2 fully saturated rings. The first-order valence-electron chi connectivity index (χ1n) is 9.96. The van der Waals surface area contributed by atoms with E-state index in [4.69, 9.17) is 10.00 Å². The topological polar surface area (TPSA) is 68.5 Å². The highest BCUT2D eigenvalue weighted by Crippen LogP contribution is 2.38. The summed E-state index contributed by atoms with van der Waals surface area (Å²) in [5.74, 6) is 1.29. The van der Waals surface area contributed by atoms with Gasteiger partial charge >= 0.3 is 0 Å². The Kier molecular flexibility index (Phi) is 5.63. The summed E-state index contributed by atoms with van der Waals surface area (Å²) >= 11 is 0. The molecule has 4 rings (SSSR count). The first-order valence-corrected chi connectivity index (χ1v) is 9.96. The first kappa shape index (κ1) is 18.9. The minimum Gasteiger partial charge on any atom is -0.491 e. The van der Waals surface area contributed by atoms with Gasteiger partial charge in [-0.2, -0.15) is 5.26 Å². The van der Waals surface area contributed by atoms with Gasteiger partial charge in [0.05, 0.1) is 11.6 Å². The van der Waals surface area contributed by atoms with Crippen LogP contribution in [-0.2, 0) is 5.41 Å². The number of nitrogens with one attached hydrogen (secondary N) is 1. The molecule has 0 saturated carbocycles. The van der Waals surface area contributed by atoms with Crippen LogP contribution in [0.1, 0.15) is 17.5 Å². The first-order chi connectivity index (χ1) is 13.7. The lowest BCUT2D eigenvalue weighted by Crippen LogP contribution is -2.61. The molecule has 0 amide bonds. The van der Waals surface area contributed by atoms with E-state index in [0.717, 1.165) is 26.2 Å². The van der Waals surface area contributed by atoms with Crippen molar-refractivity contribution < 1.29 is 9.84 Å². The molecule has 3 unspecified atom stereocenters. The Morgan fingerprint density at radius 1 is 1.21 bits per heavy atom. The number of fused-ring (bicyclic) bond motifs is 2. The Hall–Kier alpha value is -2.39. The summed E-state index contributed by atoms with van der Waals surface area (Å²) in [7, 11) is 0. The lowest BCUT2D eigenvalue weighted by atomic mass is 9.68. The fourth-order valence-electron chi connectivity index (χ4n) is 4.73. The number of benzene rings is 2. The molecule has 28 heavy (non-hydrogen) atoms. The summed E-state index contributed by atoms with van der Waals surface area (Å²) in [5, 5.41) is 23.0. The summed E-state index contributed by atoms with van der Waals surface area (Å²) in [6.07, 6.45) is 0.661. The van der Waals surface area contributed by atoms with Gasteiger partial charge in [0, 0.05) is 31.6 Å². The van der Waals surface area contributed by atoms with Crippen LogP contribution in [0.5, 0.6) is 5.75 Å². The maximum absolute atomic E-state index is 10.5. The summed E-state index contributed by atoms with van der Waals surface area (Å²) in [5.41, 5.74) is 2.11. The Morgan fingerprint density at radius 2 is 2.00 bits per heavy atom. The van der Waals surface area contributed by atoms with E-state index in [0.29, 0.717) is 23.8 Å². The van der Waals surface area contributed by atoms with Gasteiger partial charge in [-0.05, 0) is 48.7 Å². The third kappa shape index (κ3) is 4.20. The molecule has 5 heteroatoms. The number of hydrogen-bond acceptors (Lipinski definition) is 5. The van der Waals surface area contributed by atoms with Gasteiger partial charge < -0.3 is 15.2 Å². The van der Waals surface area contributed by atoms with Crippen LogP contribution >= 0.6 is 0 Å². The second-order valence-corrected chi connectivity index (χ2v) is 8.14. The maximum Gasteiger partial charge on any atom is 0.119 e. The fourth-order valence-corrected chi connectivity index (χ4v) is 4.73. The Balaban J connectivity index is 1.37. The third-order valence-corrected chi connectivity index (χ3v) is 5.90. The van der Waals surface area contributed by atoms with Crippen LogP contribution < -0.4 is 10.1 Å². The van der Waals surface area contributed by atoms with Crippen molar-refractivity contribution >= 4 is 0 Å². The highest BCUT2D eigenvalue weighted by atomic mass is 16.5. The minimum absolute atomic E-state index is 0.121. The number of nitrogens with zero attached hydrogens (tertiary/aromatic N) is 2. The Morgan fingerprint density at radius 3 is 2.75 bits per heavy atom. The number of piperidine rings is 2. The van der Waals surface area contributed by atoms with Gasteiger partial charge in [0.1, 0.15) is 18.5 Å². The summed E-state index contributed by atoms with van der Waals surface area (Å²) in [6, 6.07) is 19.9. The molecule has 2 aliphatic rings. The number of likely N-dealkylation sites (tertiary alicyclic amines) is 1. The quantitative estimate of drug-likeness (QED) is 0.807. The number of nitriles is 1. The van der Waals surface area contributed by atoms with E-state index in [2.05, 4.69) is 46.6 Å². The van der Waals surface area contributed by atoms with E-state index in [-0.39, 0.29) is 12.0 Å². The lowest BCUT2D eigenvalue weighted by molar-refractivity contribution is 0.0180. The zero-order valence-electron chi connectivity index (χ0n) is 16.1. The second-order valence-electron chi connectivity index (χ2n) is 8.14. The molecule has 0 radical (unpaired) electrons. The molecule has 0 spiro atoms. The normalized spacial score (nSPS) is 25.6. The maximum atomic E-state index is 10.5. The average molecular weight is 377 g/mol. The van der Waals surface area contributed by atoms with Crippen LogP contribution in [0.2, 0.25) is 0 Å². The van der Waals surface area contributed by atoms with E-state index in [1.54, 1.807) is 24.3 Å². The van der Waals surface area contributed by atoms with E-state index >= 15 is 0 Å². The fraction of sp³-hybridized carbons (Fsp3) is 0.435. The van der Waals surface area contributed by atoms with Crippen molar-refractivity contribution in [1.82, 2.24) is 10.2 Å². The smallest absolute Gasteiger partial charge is 0.119 e. The number of hydrogen-bond donors (Lipinski definition) is 2. The molecule has 2 bridgehead atoms. The summed E-state index contributed by atoms with van der Waals surface area (Å²) in [6.45, 7) is 4.86. The van der Waals surface area contributed by atoms with Crippen molar-refractivity contribution in [3.63, 3.8) is 0 Å². The number of aliphatic hydroxyl groups excluding tert-OH is 1. The van der Waals surface area contributed by atoms with E-state index in [9.17, 15) is 5.11 Å². The van der Waals surface area contributed by atoms with Crippen molar-refractivity contribution in [1.29, 1.82) is 5.26 Å². The zero-order chi connectivity index (χ0) is 19.4. The molecular formula is C23H27N3O2. The molecule has 2 saturated heterocycles. The van der Waals surface area contributed by atoms with Gasteiger partial charge in [-0.3, -0.25) is 4.90 Å². The SMILES string of the molecule is N#Cc1ccc(OCC(O)CN2CC3CNCC(c4ccccc4)(C3)C2)cc1. The highest BCUT2D eigenvalue weighted by Gasteiger charge is 2.43. The Labute approximate surface area is 166 Å². The monoisotopic (exact) mass is 377 g/mol. The van der Waals surface area contributed by atoms with E-state index in [1.807, 2.05) is 0 Å². The molecule has 146 valence electrons. The van der Waals surface area contributed by atoms with E-state index < -0.39 is 6.10 Å². The van der Waals surface area contributed by atoms with Gasteiger partial charge in [-0.15, -0.1) is 0 Å². The number of β-amino-alcohol motifs (C(OH)–C–C–N with tert-alkyl or cyclic N) is 1.